The summed E-state index contributed by atoms with van der Waals surface area (Å²) < 4.78 is 5.31. The second kappa shape index (κ2) is 2.59. The molecule has 0 fully saturated rings. The summed E-state index contributed by atoms with van der Waals surface area (Å²) >= 11 is 0. The summed E-state index contributed by atoms with van der Waals surface area (Å²) in [5.41, 5.74) is -0.769. The molecule has 1 amide bonds. The van der Waals surface area contributed by atoms with E-state index in [0.29, 0.717) is 0 Å². The first-order valence-corrected chi connectivity index (χ1v) is 3.98. The van der Waals surface area contributed by atoms with Crippen LogP contribution in [-0.4, -0.2) is 18.7 Å². The molecule has 0 saturated carbocycles. The number of ether oxygens (including phenoxy) is 1. The third kappa shape index (κ3) is 1.25. The standard InChI is InChI=1S/C9H15NO2/c1-8(2,3)9(12-4)6-5-7(11)10-9/h5-6H,1-4H3,(H,10,11). The third-order valence-electron chi connectivity index (χ3n) is 2.21. The van der Waals surface area contributed by atoms with Gasteiger partial charge in [0.15, 0.2) is 5.72 Å². The summed E-state index contributed by atoms with van der Waals surface area (Å²) in [5, 5.41) is 2.78. The van der Waals surface area contributed by atoms with Crippen molar-refractivity contribution in [3.8, 4) is 0 Å². The van der Waals surface area contributed by atoms with Crippen LogP contribution in [0.4, 0.5) is 0 Å². The molecule has 0 aromatic carbocycles. The van der Waals surface area contributed by atoms with Crippen molar-refractivity contribution < 1.29 is 9.53 Å². The van der Waals surface area contributed by atoms with Crippen LogP contribution in [-0.2, 0) is 9.53 Å². The summed E-state index contributed by atoms with van der Waals surface area (Å²) in [5.74, 6) is -0.0909. The first-order chi connectivity index (χ1) is 5.41. The second-order valence-corrected chi connectivity index (χ2v) is 4.01. The molecule has 1 atom stereocenters. The Morgan fingerprint density at radius 2 is 2.08 bits per heavy atom. The quantitative estimate of drug-likeness (QED) is 0.637. The van der Waals surface area contributed by atoms with Crippen molar-refractivity contribution in [1.82, 2.24) is 5.32 Å². The molecule has 0 bridgehead atoms. The SMILES string of the molecule is COC1(C(C)(C)C)C=CC(=O)N1. The van der Waals surface area contributed by atoms with Gasteiger partial charge in [0.05, 0.1) is 0 Å². The maximum Gasteiger partial charge on any atom is 0.246 e. The van der Waals surface area contributed by atoms with Gasteiger partial charge in [-0.05, 0) is 6.08 Å². The van der Waals surface area contributed by atoms with Gasteiger partial charge < -0.3 is 10.1 Å². The zero-order valence-electron chi connectivity index (χ0n) is 7.97. The lowest BCUT2D eigenvalue weighted by Crippen LogP contribution is -2.53. The molecule has 3 nitrogen and oxygen atoms in total. The fourth-order valence-corrected chi connectivity index (χ4v) is 1.32. The monoisotopic (exact) mass is 169 g/mol. The summed E-state index contributed by atoms with van der Waals surface area (Å²) in [7, 11) is 1.60. The number of carbonyl (C=O) groups excluding carboxylic acids is 1. The van der Waals surface area contributed by atoms with Crippen molar-refractivity contribution in [2.75, 3.05) is 7.11 Å². The normalized spacial score (nSPS) is 29.2. The summed E-state index contributed by atoms with van der Waals surface area (Å²) in [6.45, 7) is 6.06. The molecule has 3 heteroatoms. The number of nitrogens with one attached hydrogen (secondary N) is 1. The van der Waals surface area contributed by atoms with E-state index in [1.54, 1.807) is 13.2 Å². The van der Waals surface area contributed by atoms with Crippen molar-refractivity contribution in [1.29, 1.82) is 0 Å². The molecule has 1 N–H and O–H groups in total. The number of amides is 1. The highest BCUT2D eigenvalue weighted by Gasteiger charge is 2.43. The Balaban J connectivity index is 2.94. The first-order valence-electron chi connectivity index (χ1n) is 3.98. The van der Waals surface area contributed by atoms with E-state index in [9.17, 15) is 4.79 Å². The Kier molecular flexibility index (Phi) is 2.00. The molecule has 1 unspecified atom stereocenters. The molecular weight excluding hydrogens is 154 g/mol. The highest BCUT2D eigenvalue weighted by atomic mass is 16.5. The molecule has 68 valence electrons. The highest BCUT2D eigenvalue weighted by molar-refractivity contribution is 5.91. The number of methoxy groups -OCH3 is 1. The highest BCUT2D eigenvalue weighted by Crippen LogP contribution is 2.34. The van der Waals surface area contributed by atoms with Crippen LogP contribution in [0.1, 0.15) is 20.8 Å². The lowest BCUT2D eigenvalue weighted by Gasteiger charge is -2.38. The van der Waals surface area contributed by atoms with E-state index in [4.69, 9.17) is 4.74 Å². The number of hydrogen-bond acceptors (Lipinski definition) is 2. The molecule has 1 heterocycles. The fourth-order valence-electron chi connectivity index (χ4n) is 1.32. The van der Waals surface area contributed by atoms with Crippen molar-refractivity contribution in [3.63, 3.8) is 0 Å². The molecule has 1 aliphatic heterocycles. The van der Waals surface area contributed by atoms with Gasteiger partial charge in [0.1, 0.15) is 0 Å². The Bertz CT molecular complexity index is 227. The maximum atomic E-state index is 11.0. The Morgan fingerprint density at radius 3 is 2.25 bits per heavy atom. The van der Waals surface area contributed by atoms with Gasteiger partial charge in [-0.1, -0.05) is 20.8 Å². The lowest BCUT2D eigenvalue weighted by atomic mass is 9.83. The second-order valence-electron chi connectivity index (χ2n) is 4.01. The van der Waals surface area contributed by atoms with E-state index in [1.807, 2.05) is 20.8 Å². The molecule has 1 rings (SSSR count). The van der Waals surface area contributed by atoms with Gasteiger partial charge in [-0.2, -0.15) is 0 Å². The van der Waals surface area contributed by atoms with Gasteiger partial charge in [-0.15, -0.1) is 0 Å². The van der Waals surface area contributed by atoms with Crippen LogP contribution in [0.3, 0.4) is 0 Å². The zero-order chi connectivity index (χ0) is 9.41. The maximum absolute atomic E-state index is 11.0. The predicted molar refractivity (Wildman–Crippen MR) is 46.5 cm³/mol. The summed E-state index contributed by atoms with van der Waals surface area (Å²) in [6.07, 6.45) is 3.28. The lowest BCUT2D eigenvalue weighted by molar-refractivity contribution is -0.128. The summed E-state index contributed by atoms with van der Waals surface area (Å²) in [4.78, 5) is 11.0. The van der Waals surface area contributed by atoms with Crippen LogP contribution in [0.15, 0.2) is 12.2 Å². The smallest absolute Gasteiger partial charge is 0.246 e. The van der Waals surface area contributed by atoms with Crippen LogP contribution < -0.4 is 5.32 Å². The Hall–Kier alpha value is -0.830. The molecule has 12 heavy (non-hydrogen) atoms. The van der Waals surface area contributed by atoms with Gasteiger partial charge >= 0.3 is 0 Å². The minimum Gasteiger partial charge on any atom is -0.355 e. The molecule has 0 aromatic heterocycles. The van der Waals surface area contributed by atoms with E-state index in [0.717, 1.165) is 0 Å². The molecule has 0 spiro atoms. The Morgan fingerprint density at radius 1 is 1.50 bits per heavy atom. The minimum absolute atomic E-state index is 0.0909. The largest absolute Gasteiger partial charge is 0.355 e. The first kappa shape index (κ1) is 9.26. The van der Waals surface area contributed by atoms with Crippen molar-refractivity contribution >= 4 is 5.91 Å². The van der Waals surface area contributed by atoms with Crippen LogP contribution in [0.25, 0.3) is 0 Å². The average Bonchev–Trinajstić information content (AvgIpc) is 2.31. The van der Waals surface area contributed by atoms with Gasteiger partial charge in [0.25, 0.3) is 0 Å². The van der Waals surface area contributed by atoms with Gasteiger partial charge in [0.2, 0.25) is 5.91 Å². The van der Waals surface area contributed by atoms with Gasteiger partial charge in [-0.25, -0.2) is 0 Å². The minimum atomic E-state index is -0.635. The van der Waals surface area contributed by atoms with Crippen molar-refractivity contribution in [2.24, 2.45) is 5.41 Å². The van der Waals surface area contributed by atoms with Crippen molar-refractivity contribution in [3.05, 3.63) is 12.2 Å². The third-order valence-corrected chi connectivity index (χ3v) is 2.21. The number of carbonyl (C=O) groups is 1. The van der Waals surface area contributed by atoms with Crippen LogP contribution >= 0.6 is 0 Å². The summed E-state index contributed by atoms with van der Waals surface area (Å²) in [6, 6.07) is 0. The predicted octanol–water partition coefficient (Wildman–Crippen LogP) is 1.06. The molecule has 0 radical (unpaired) electrons. The van der Waals surface area contributed by atoms with E-state index < -0.39 is 5.72 Å². The van der Waals surface area contributed by atoms with Crippen molar-refractivity contribution in [2.45, 2.75) is 26.5 Å². The van der Waals surface area contributed by atoms with E-state index in [-0.39, 0.29) is 11.3 Å². The molecular formula is C9H15NO2. The molecule has 1 aliphatic rings. The van der Waals surface area contributed by atoms with Gasteiger partial charge in [0, 0.05) is 18.6 Å². The Labute approximate surface area is 72.8 Å². The topological polar surface area (TPSA) is 38.3 Å². The van der Waals surface area contributed by atoms with E-state index in [1.165, 1.54) is 6.08 Å². The number of hydrogen-bond donors (Lipinski definition) is 1. The van der Waals surface area contributed by atoms with Gasteiger partial charge in [-0.3, -0.25) is 4.79 Å². The average molecular weight is 169 g/mol. The molecule has 0 aliphatic carbocycles. The van der Waals surface area contributed by atoms with Crippen LogP contribution in [0.2, 0.25) is 0 Å². The van der Waals surface area contributed by atoms with E-state index >= 15 is 0 Å². The molecule has 0 saturated heterocycles. The molecule has 0 aromatic rings. The fraction of sp³-hybridized carbons (Fsp3) is 0.667. The van der Waals surface area contributed by atoms with Crippen LogP contribution in [0, 0.1) is 5.41 Å². The van der Waals surface area contributed by atoms with E-state index in [2.05, 4.69) is 5.32 Å². The zero-order valence-corrected chi connectivity index (χ0v) is 7.97. The van der Waals surface area contributed by atoms with Crippen LogP contribution in [0.5, 0.6) is 0 Å². The number of rotatable bonds is 1.